The molecule has 0 unspecified atom stereocenters. The van der Waals surface area contributed by atoms with Gasteiger partial charge in [-0.15, -0.1) is 0 Å². The van der Waals surface area contributed by atoms with Crippen LogP contribution in [0.1, 0.15) is 24.5 Å². The number of hydrogen-bond donors (Lipinski definition) is 0. The fraction of sp³-hybridized carbons (Fsp3) is 0.333. The van der Waals surface area contributed by atoms with Crippen LogP contribution in [0.4, 0.5) is 30.7 Å². The molecule has 0 fully saturated rings. The van der Waals surface area contributed by atoms with E-state index < -0.39 is 41.8 Å². The fourth-order valence-electron chi connectivity index (χ4n) is 2.29. The third kappa shape index (κ3) is 5.77. The van der Waals surface area contributed by atoms with Gasteiger partial charge in [0.1, 0.15) is 28.7 Å². The SMILES string of the molecule is CCCc1ccc(OCC(F)(F)Oc2cc(F)c(C(F)(F)F)c(F)c2)cc1. The maximum Gasteiger partial charge on any atom is 0.433 e. The summed E-state index contributed by atoms with van der Waals surface area (Å²) in [5.41, 5.74) is -1.19. The standard InChI is InChI=1S/C18H15F7O2/c1-2-3-11-4-6-12(7-5-11)26-10-17(21,22)27-13-8-14(19)16(15(20)9-13)18(23,24)25/h4-9H,2-3,10H2,1H3. The van der Waals surface area contributed by atoms with Crippen molar-refractivity contribution in [2.45, 2.75) is 32.1 Å². The molecule has 0 bridgehead atoms. The van der Waals surface area contributed by atoms with Crippen LogP contribution in [0.2, 0.25) is 0 Å². The molecule has 0 heterocycles. The number of benzene rings is 2. The van der Waals surface area contributed by atoms with Gasteiger partial charge in [-0.3, -0.25) is 0 Å². The maximum atomic E-state index is 13.8. The second kappa shape index (κ2) is 8.06. The summed E-state index contributed by atoms with van der Waals surface area (Å²) in [5, 5.41) is 0. The molecule has 0 aliphatic heterocycles. The molecule has 0 N–H and O–H groups in total. The first-order valence-corrected chi connectivity index (χ1v) is 7.86. The summed E-state index contributed by atoms with van der Waals surface area (Å²) in [6.45, 7) is 0.680. The van der Waals surface area contributed by atoms with Gasteiger partial charge in [-0.2, -0.15) is 22.0 Å². The van der Waals surface area contributed by atoms with Gasteiger partial charge < -0.3 is 9.47 Å². The first kappa shape index (κ1) is 20.9. The van der Waals surface area contributed by atoms with Crippen LogP contribution < -0.4 is 9.47 Å². The van der Waals surface area contributed by atoms with Crippen LogP contribution in [0, 0.1) is 11.6 Å². The van der Waals surface area contributed by atoms with E-state index in [0.717, 1.165) is 18.4 Å². The second-order valence-corrected chi connectivity index (χ2v) is 5.68. The normalized spacial score (nSPS) is 12.1. The summed E-state index contributed by atoms with van der Waals surface area (Å²) in [5.74, 6) is -5.09. The topological polar surface area (TPSA) is 18.5 Å². The lowest BCUT2D eigenvalue weighted by atomic mass is 10.1. The van der Waals surface area contributed by atoms with E-state index in [4.69, 9.17) is 4.74 Å². The Labute approximate surface area is 150 Å². The van der Waals surface area contributed by atoms with Crippen LogP contribution >= 0.6 is 0 Å². The van der Waals surface area contributed by atoms with Crippen LogP contribution in [0.3, 0.4) is 0 Å². The highest BCUT2D eigenvalue weighted by atomic mass is 19.4. The van der Waals surface area contributed by atoms with Gasteiger partial charge in [-0.05, 0) is 24.1 Å². The van der Waals surface area contributed by atoms with E-state index in [2.05, 4.69) is 4.74 Å². The zero-order chi connectivity index (χ0) is 20.2. The molecule has 2 aromatic carbocycles. The van der Waals surface area contributed by atoms with Crippen molar-refractivity contribution in [3.05, 3.63) is 59.2 Å². The summed E-state index contributed by atoms with van der Waals surface area (Å²) >= 11 is 0. The molecular weight excluding hydrogens is 381 g/mol. The van der Waals surface area contributed by atoms with E-state index in [-0.39, 0.29) is 17.9 Å². The van der Waals surface area contributed by atoms with Crippen LogP contribution in [0.5, 0.6) is 11.5 Å². The lowest BCUT2D eigenvalue weighted by Crippen LogP contribution is -2.32. The van der Waals surface area contributed by atoms with E-state index >= 15 is 0 Å². The van der Waals surface area contributed by atoms with Crippen molar-refractivity contribution in [3.63, 3.8) is 0 Å². The van der Waals surface area contributed by atoms with Crippen LogP contribution in [0.25, 0.3) is 0 Å². The third-order valence-electron chi connectivity index (χ3n) is 3.44. The summed E-state index contributed by atoms with van der Waals surface area (Å²) in [4.78, 5) is 0. The third-order valence-corrected chi connectivity index (χ3v) is 3.44. The first-order valence-electron chi connectivity index (χ1n) is 7.86. The highest BCUT2D eigenvalue weighted by Crippen LogP contribution is 2.36. The molecule has 0 aromatic heterocycles. The molecule has 2 aromatic rings. The van der Waals surface area contributed by atoms with Gasteiger partial charge in [-0.1, -0.05) is 25.5 Å². The van der Waals surface area contributed by atoms with Crippen molar-refractivity contribution in [2.24, 2.45) is 0 Å². The minimum Gasteiger partial charge on any atom is -0.483 e. The molecule has 0 aliphatic carbocycles. The van der Waals surface area contributed by atoms with Gasteiger partial charge in [0.15, 0.2) is 6.61 Å². The quantitative estimate of drug-likeness (QED) is 0.536. The highest BCUT2D eigenvalue weighted by molar-refractivity contribution is 5.32. The molecule has 0 saturated heterocycles. The highest BCUT2D eigenvalue weighted by Gasteiger charge is 2.39. The van der Waals surface area contributed by atoms with Crippen molar-refractivity contribution in [2.75, 3.05) is 6.61 Å². The summed E-state index contributed by atoms with van der Waals surface area (Å²) < 4.78 is 101. The lowest BCUT2D eigenvalue weighted by molar-refractivity contribution is -0.195. The van der Waals surface area contributed by atoms with Crippen molar-refractivity contribution in [3.8, 4) is 11.5 Å². The molecule has 148 valence electrons. The molecule has 0 aliphatic rings. The first-order chi connectivity index (χ1) is 12.5. The molecule has 0 amide bonds. The number of hydrogen-bond acceptors (Lipinski definition) is 2. The smallest absolute Gasteiger partial charge is 0.433 e. The molecule has 2 nitrogen and oxygen atoms in total. The van der Waals surface area contributed by atoms with E-state index in [0.29, 0.717) is 0 Å². The zero-order valence-corrected chi connectivity index (χ0v) is 14.0. The predicted molar refractivity (Wildman–Crippen MR) is 82.9 cm³/mol. The Morgan fingerprint density at radius 1 is 0.852 bits per heavy atom. The Kier molecular flexibility index (Phi) is 6.22. The van der Waals surface area contributed by atoms with Crippen LogP contribution in [-0.2, 0) is 12.6 Å². The predicted octanol–water partition coefficient (Wildman–Crippen LogP) is 5.99. The van der Waals surface area contributed by atoms with Gasteiger partial charge in [0.25, 0.3) is 0 Å². The Morgan fingerprint density at radius 3 is 1.89 bits per heavy atom. The summed E-state index contributed by atoms with van der Waals surface area (Å²) in [7, 11) is 0. The zero-order valence-electron chi connectivity index (χ0n) is 14.0. The number of rotatable bonds is 7. The lowest BCUT2D eigenvalue weighted by Gasteiger charge is -2.19. The monoisotopic (exact) mass is 396 g/mol. The van der Waals surface area contributed by atoms with E-state index in [1.165, 1.54) is 12.1 Å². The average Bonchev–Trinajstić information content (AvgIpc) is 2.52. The van der Waals surface area contributed by atoms with Crippen molar-refractivity contribution in [1.29, 1.82) is 0 Å². The molecular formula is C18H15F7O2. The fourth-order valence-corrected chi connectivity index (χ4v) is 2.29. The molecule has 27 heavy (non-hydrogen) atoms. The molecule has 0 radical (unpaired) electrons. The average molecular weight is 396 g/mol. The van der Waals surface area contributed by atoms with E-state index in [1.54, 1.807) is 12.1 Å². The molecule has 0 spiro atoms. The molecule has 0 saturated carbocycles. The van der Waals surface area contributed by atoms with Gasteiger partial charge in [0.2, 0.25) is 0 Å². The van der Waals surface area contributed by atoms with Gasteiger partial charge in [-0.25, -0.2) is 8.78 Å². The Hall–Kier alpha value is -2.45. The Balaban J connectivity index is 2.05. The van der Waals surface area contributed by atoms with Crippen LogP contribution in [-0.4, -0.2) is 12.7 Å². The largest absolute Gasteiger partial charge is 0.483 e. The Bertz CT molecular complexity index is 747. The molecule has 9 heteroatoms. The van der Waals surface area contributed by atoms with Crippen molar-refractivity contribution in [1.82, 2.24) is 0 Å². The minimum atomic E-state index is -5.30. The van der Waals surface area contributed by atoms with Crippen molar-refractivity contribution >= 4 is 0 Å². The molecule has 0 atom stereocenters. The number of ether oxygens (including phenoxy) is 2. The Morgan fingerprint density at radius 2 is 1.41 bits per heavy atom. The molecule has 2 rings (SSSR count). The second-order valence-electron chi connectivity index (χ2n) is 5.68. The minimum absolute atomic E-state index is 0.0410. The number of aryl methyl sites for hydroxylation is 1. The number of halogens is 7. The van der Waals surface area contributed by atoms with Crippen LogP contribution in [0.15, 0.2) is 36.4 Å². The van der Waals surface area contributed by atoms with Gasteiger partial charge in [0, 0.05) is 12.1 Å². The summed E-state index contributed by atoms with van der Waals surface area (Å²) in [6, 6.07) is 6.41. The number of alkyl halides is 5. The van der Waals surface area contributed by atoms with Crippen molar-refractivity contribution < 1.29 is 40.2 Å². The van der Waals surface area contributed by atoms with E-state index in [1.807, 2.05) is 6.92 Å². The van der Waals surface area contributed by atoms with Gasteiger partial charge in [0.05, 0.1) is 0 Å². The van der Waals surface area contributed by atoms with E-state index in [9.17, 15) is 30.7 Å². The maximum absolute atomic E-state index is 13.8. The van der Waals surface area contributed by atoms with Gasteiger partial charge >= 0.3 is 12.3 Å². The summed E-state index contributed by atoms with van der Waals surface area (Å²) in [6.07, 6.45) is -7.61.